The highest BCUT2D eigenvalue weighted by atomic mass is 127. The molecule has 1 aromatic heterocycles. The van der Waals surface area contributed by atoms with Crippen molar-refractivity contribution in [3.05, 3.63) is 82.4 Å². The second kappa shape index (κ2) is 5.35. The lowest BCUT2D eigenvalue weighted by molar-refractivity contribution is 0.670. The Morgan fingerprint density at radius 3 is 2.04 bits per heavy atom. The Morgan fingerprint density at radius 2 is 1.25 bits per heavy atom. The number of hydrogen-bond donors (Lipinski definition) is 0. The summed E-state index contributed by atoms with van der Waals surface area (Å²) in [4.78, 5) is 0. The molecule has 1 heterocycles. The lowest BCUT2D eigenvalue weighted by Gasteiger charge is -2.10. The fraction of sp³-hybridized carbons (Fsp3) is 0. The fourth-order valence-corrected chi connectivity index (χ4v) is 4.51. The van der Waals surface area contributed by atoms with Crippen LogP contribution >= 0.6 is 22.6 Å². The highest BCUT2D eigenvalue weighted by molar-refractivity contribution is 14.1. The van der Waals surface area contributed by atoms with Gasteiger partial charge in [0.05, 0.1) is 0 Å². The van der Waals surface area contributed by atoms with Gasteiger partial charge in [0.2, 0.25) is 0 Å². The van der Waals surface area contributed by atoms with Gasteiger partial charge in [0, 0.05) is 19.9 Å². The van der Waals surface area contributed by atoms with E-state index in [1.807, 2.05) is 18.2 Å². The molecule has 0 amide bonds. The van der Waals surface area contributed by atoms with E-state index >= 15 is 0 Å². The van der Waals surface area contributed by atoms with Gasteiger partial charge in [0.25, 0.3) is 0 Å². The zero-order chi connectivity index (χ0) is 16.1. The Balaban J connectivity index is 2.10. The molecule has 5 rings (SSSR count). The van der Waals surface area contributed by atoms with E-state index < -0.39 is 0 Å². The van der Waals surface area contributed by atoms with Gasteiger partial charge in [-0.2, -0.15) is 0 Å². The van der Waals surface area contributed by atoms with Crippen molar-refractivity contribution in [2.24, 2.45) is 0 Å². The van der Waals surface area contributed by atoms with Crippen LogP contribution in [0.3, 0.4) is 0 Å². The molecule has 0 radical (unpaired) electrons. The fourth-order valence-electron chi connectivity index (χ4n) is 3.48. The lowest BCUT2D eigenvalue weighted by atomic mass is 9.96. The van der Waals surface area contributed by atoms with Gasteiger partial charge in [-0.3, -0.25) is 0 Å². The summed E-state index contributed by atoms with van der Waals surface area (Å²) >= 11 is 2.45. The van der Waals surface area contributed by atoms with E-state index in [1.54, 1.807) is 0 Å². The zero-order valence-corrected chi connectivity index (χ0v) is 14.9. The van der Waals surface area contributed by atoms with Crippen LogP contribution < -0.4 is 0 Å². The predicted molar refractivity (Wildman–Crippen MR) is 109 cm³/mol. The van der Waals surface area contributed by atoms with Gasteiger partial charge in [0.15, 0.2) is 0 Å². The van der Waals surface area contributed by atoms with E-state index in [1.165, 1.54) is 36.2 Å². The van der Waals surface area contributed by atoms with E-state index in [0.717, 1.165) is 11.2 Å². The SMILES string of the molecule is Ic1c(-c2ccccc2)c2oc3ccccc3c2c2ccccc12. The normalized spacial score (nSPS) is 11.5. The van der Waals surface area contributed by atoms with Crippen LogP contribution in [0.15, 0.2) is 83.3 Å². The summed E-state index contributed by atoms with van der Waals surface area (Å²) in [5.41, 5.74) is 4.29. The van der Waals surface area contributed by atoms with Crippen molar-refractivity contribution in [3.63, 3.8) is 0 Å². The van der Waals surface area contributed by atoms with Crippen molar-refractivity contribution in [2.75, 3.05) is 0 Å². The number of para-hydroxylation sites is 1. The van der Waals surface area contributed by atoms with E-state index in [2.05, 4.69) is 83.3 Å². The molecule has 0 aliphatic heterocycles. The van der Waals surface area contributed by atoms with Crippen molar-refractivity contribution in [1.82, 2.24) is 0 Å². The average Bonchev–Trinajstić information content (AvgIpc) is 3.02. The molecule has 0 spiro atoms. The number of halogens is 1. The highest BCUT2D eigenvalue weighted by Crippen LogP contribution is 2.43. The summed E-state index contributed by atoms with van der Waals surface area (Å²) in [7, 11) is 0. The molecular weight excluding hydrogens is 407 g/mol. The molecule has 0 atom stereocenters. The summed E-state index contributed by atoms with van der Waals surface area (Å²) in [5, 5.41) is 4.91. The van der Waals surface area contributed by atoms with Crippen molar-refractivity contribution in [1.29, 1.82) is 0 Å². The van der Waals surface area contributed by atoms with E-state index in [4.69, 9.17) is 4.42 Å². The van der Waals surface area contributed by atoms with Gasteiger partial charge >= 0.3 is 0 Å². The summed E-state index contributed by atoms with van der Waals surface area (Å²) in [6, 6.07) is 27.4. The molecule has 0 N–H and O–H groups in total. The molecule has 0 aliphatic rings. The first-order valence-corrected chi connectivity index (χ1v) is 8.99. The molecule has 114 valence electrons. The molecular formula is C22H13IO. The predicted octanol–water partition coefficient (Wildman–Crippen LogP) is 7.01. The minimum Gasteiger partial charge on any atom is -0.455 e. The van der Waals surface area contributed by atoms with Crippen LogP contribution in [0, 0.1) is 3.57 Å². The molecule has 4 aromatic carbocycles. The molecule has 0 saturated carbocycles. The maximum atomic E-state index is 6.32. The summed E-state index contributed by atoms with van der Waals surface area (Å²) in [6.07, 6.45) is 0. The van der Waals surface area contributed by atoms with Gasteiger partial charge in [-0.1, -0.05) is 72.8 Å². The van der Waals surface area contributed by atoms with Crippen LogP contribution in [0.2, 0.25) is 0 Å². The van der Waals surface area contributed by atoms with Crippen molar-refractivity contribution in [3.8, 4) is 11.1 Å². The number of furan rings is 1. The maximum Gasteiger partial charge on any atom is 0.144 e. The van der Waals surface area contributed by atoms with Gasteiger partial charge in [-0.25, -0.2) is 0 Å². The summed E-state index contributed by atoms with van der Waals surface area (Å²) in [6.45, 7) is 0. The maximum absolute atomic E-state index is 6.32. The average molecular weight is 420 g/mol. The molecule has 2 heteroatoms. The molecule has 0 aliphatic carbocycles. The van der Waals surface area contributed by atoms with E-state index in [9.17, 15) is 0 Å². The molecule has 0 fully saturated rings. The molecule has 0 saturated heterocycles. The Kier molecular flexibility index (Phi) is 3.13. The summed E-state index contributed by atoms with van der Waals surface area (Å²) < 4.78 is 7.56. The van der Waals surface area contributed by atoms with Crippen molar-refractivity contribution in [2.45, 2.75) is 0 Å². The first kappa shape index (κ1) is 14.1. The zero-order valence-electron chi connectivity index (χ0n) is 12.8. The first-order chi connectivity index (χ1) is 11.8. The number of fused-ring (bicyclic) bond motifs is 5. The number of benzene rings is 4. The number of hydrogen-bond acceptors (Lipinski definition) is 1. The quantitative estimate of drug-likeness (QED) is 0.266. The minimum absolute atomic E-state index is 0.942. The Bertz CT molecular complexity index is 1200. The molecule has 5 aromatic rings. The third-order valence-electron chi connectivity index (χ3n) is 4.54. The van der Waals surface area contributed by atoms with Gasteiger partial charge in [0.1, 0.15) is 11.2 Å². The van der Waals surface area contributed by atoms with Crippen molar-refractivity contribution < 1.29 is 4.42 Å². The standard InChI is InChI=1S/C22H13IO/c23-21-16-11-5-4-10-15(16)20-17-12-6-7-13-18(17)24-22(20)19(21)14-8-2-1-3-9-14/h1-13H. The van der Waals surface area contributed by atoms with Gasteiger partial charge < -0.3 is 4.42 Å². The Labute approximate surface area is 153 Å². The number of rotatable bonds is 1. The first-order valence-electron chi connectivity index (χ1n) is 7.91. The van der Waals surface area contributed by atoms with Crippen LogP contribution in [0.4, 0.5) is 0 Å². The second-order valence-electron chi connectivity index (χ2n) is 5.90. The van der Waals surface area contributed by atoms with Crippen LogP contribution in [0.5, 0.6) is 0 Å². The largest absolute Gasteiger partial charge is 0.455 e. The smallest absolute Gasteiger partial charge is 0.144 e. The van der Waals surface area contributed by atoms with E-state index in [-0.39, 0.29) is 0 Å². The third kappa shape index (κ3) is 1.93. The monoisotopic (exact) mass is 420 g/mol. The minimum atomic E-state index is 0.942. The Hall–Kier alpha value is -2.33. The van der Waals surface area contributed by atoms with Crippen LogP contribution in [0.25, 0.3) is 43.8 Å². The van der Waals surface area contributed by atoms with Gasteiger partial charge in [-0.15, -0.1) is 0 Å². The molecule has 1 nitrogen and oxygen atoms in total. The van der Waals surface area contributed by atoms with Crippen LogP contribution in [0.1, 0.15) is 0 Å². The lowest BCUT2D eigenvalue weighted by Crippen LogP contribution is -1.87. The highest BCUT2D eigenvalue weighted by Gasteiger charge is 2.19. The topological polar surface area (TPSA) is 13.1 Å². The van der Waals surface area contributed by atoms with Crippen LogP contribution in [-0.4, -0.2) is 0 Å². The third-order valence-corrected chi connectivity index (χ3v) is 5.66. The summed E-state index contributed by atoms with van der Waals surface area (Å²) in [5.74, 6) is 0. The Morgan fingerprint density at radius 1 is 0.625 bits per heavy atom. The van der Waals surface area contributed by atoms with E-state index in [0.29, 0.717) is 0 Å². The second-order valence-corrected chi connectivity index (χ2v) is 6.98. The molecule has 24 heavy (non-hydrogen) atoms. The molecule has 0 bridgehead atoms. The molecule has 0 unspecified atom stereocenters. The van der Waals surface area contributed by atoms with Crippen molar-refractivity contribution >= 4 is 55.3 Å². The van der Waals surface area contributed by atoms with Gasteiger partial charge in [-0.05, 0) is 45.0 Å². The van der Waals surface area contributed by atoms with Crippen LogP contribution in [-0.2, 0) is 0 Å².